The van der Waals surface area contributed by atoms with E-state index in [-0.39, 0.29) is 16.7 Å². The third kappa shape index (κ3) is 2.06. The largest absolute Gasteiger partial charge is 0.295 e. The Hall–Kier alpha value is -0.920. The maximum absolute atomic E-state index is 14.1. The maximum atomic E-state index is 14.1. The zero-order valence-electron chi connectivity index (χ0n) is 14.8. The molecule has 0 heterocycles. The number of allylic oxidation sites excluding steroid dienone is 3. The van der Waals surface area contributed by atoms with E-state index in [2.05, 4.69) is 13.8 Å². The van der Waals surface area contributed by atoms with Crippen LogP contribution in [0.25, 0.3) is 0 Å². The van der Waals surface area contributed by atoms with E-state index in [1.165, 1.54) is 24.8 Å². The molecule has 3 fully saturated rings. The van der Waals surface area contributed by atoms with Crippen molar-refractivity contribution in [3.05, 3.63) is 23.0 Å². The topological polar surface area (TPSA) is 17.1 Å². The van der Waals surface area contributed by atoms with E-state index in [1.807, 2.05) is 6.08 Å². The van der Waals surface area contributed by atoms with Crippen LogP contribution in [-0.2, 0) is 4.79 Å². The van der Waals surface area contributed by atoms with Gasteiger partial charge >= 0.3 is 0 Å². The number of carbonyl (C=O) groups excluding carboxylic acids is 1. The van der Waals surface area contributed by atoms with E-state index in [4.69, 9.17) is 0 Å². The minimum atomic E-state index is 0.0827. The summed E-state index contributed by atoms with van der Waals surface area (Å²) in [4.78, 5) is 11.8. The molecule has 0 bridgehead atoms. The molecule has 126 valence electrons. The van der Waals surface area contributed by atoms with Gasteiger partial charge in [-0.2, -0.15) is 0 Å². The predicted molar refractivity (Wildman–Crippen MR) is 90.5 cm³/mol. The lowest BCUT2D eigenvalue weighted by Crippen LogP contribution is -2.49. The normalized spacial score (nSPS) is 48.3. The summed E-state index contributed by atoms with van der Waals surface area (Å²) < 4.78 is 14.1. The van der Waals surface area contributed by atoms with E-state index in [0.717, 1.165) is 43.6 Å². The van der Waals surface area contributed by atoms with Crippen LogP contribution in [0.3, 0.4) is 0 Å². The zero-order chi connectivity index (χ0) is 16.4. The molecule has 0 aliphatic heterocycles. The Bertz CT molecular complexity index is 611. The van der Waals surface area contributed by atoms with Gasteiger partial charge in [0, 0.05) is 6.42 Å². The van der Waals surface area contributed by atoms with Crippen molar-refractivity contribution in [1.29, 1.82) is 0 Å². The Morgan fingerprint density at radius 2 is 1.78 bits per heavy atom. The van der Waals surface area contributed by atoms with Gasteiger partial charge in [0.2, 0.25) is 0 Å². The van der Waals surface area contributed by atoms with Gasteiger partial charge < -0.3 is 0 Å². The highest BCUT2D eigenvalue weighted by molar-refractivity contribution is 5.91. The summed E-state index contributed by atoms with van der Waals surface area (Å²) in [6.45, 7) is 6.40. The average molecular weight is 316 g/mol. The first-order valence-electron chi connectivity index (χ1n) is 9.46. The van der Waals surface area contributed by atoms with Crippen LogP contribution < -0.4 is 0 Å². The Labute approximate surface area is 139 Å². The van der Waals surface area contributed by atoms with Gasteiger partial charge in [-0.05, 0) is 92.1 Å². The van der Waals surface area contributed by atoms with Gasteiger partial charge in [-0.3, -0.25) is 4.79 Å². The van der Waals surface area contributed by atoms with E-state index in [0.29, 0.717) is 17.6 Å². The third-order valence-corrected chi connectivity index (χ3v) is 8.16. The fraction of sp³-hybridized carbons (Fsp3) is 0.762. The molecule has 0 radical (unpaired) electrons. The monoisotopic (exact) mass is 316 g/mol. The van der Waals surface area contributed by atoms with E-state index < -0.39 is 0 Å². The summed E-state index contributed by atoms with van der Waals surface area (Å²) in [5, 5.41) is 0. The fourth-order valence-electron chi connectivity index (χ4n) is 6.94. The first kappa shape index (κ1) is 15.6. The number of fused-ring (bicyclic) bond motifs is 5. The molecule has 4 aliphatic carbocycles. The molecule has 2 heteroatoms. The first-order valence-corrected chi connectivity index (χ1v) is 9.46. The van der Waals surface area contributed by atoms with Gasteiger partial charge in [0.15, 0.2) is 5.78 Å². The molecule has 0 aromatic rings. The van der Waals surface area contributed by atoms with Crippen LogP contribution in [0, 0.1) is 28.6 Å². The average Bonchev–Trinajstić information content (AvgIpc) is 2.85. The van der Waals surface area contributed by atoms with Crippen LogP contribution in [0.4, 0.5) is 4.39 Å². The van der Waals surface area contributed by atoms with Crippen LogP contribution in [0.1, 0.15) is 72.1 Å². The van der Waals surface area contributed by atoms with Crippen molar-refractivity contribution in [2.75, 3.05) is 0 Å². The van der Waals surface area contributed by atoms with Crippen LogP contribution in [0.5, 0.6) is 0 Å². The van der Waals surface area contributed by atoms with Crippen molar-refractivity contribution in [2.45, 2.75) is 72.1 Å². The van der Waals surface area contributed by atoms with Crippen molar-refractivity contribution in [1.82, 2.24) is 0 Å². The Morgan fingerprint density at radius 1 is 1.04 bits per heavy atom. The van der Waals surface area contributed by atoms with E-state index >= 15 is 0 Å². The summed E-state index contributed by atoms with van der Waals surface area (Å²) in [7, 11) is 0. The molecule has 0 spiro atoms. The van der Waals surface area contributed by atoms with Gasteiger partial charge in [-0.25, -0.2) is 4.39 Å². The number of halogens is 1. The Morgan fingerprint density at radius 3 is 2.52 bits per heavy atom. The molecule has 0 amide bonds. The molecule has 0 saturated heterocycles. The van der Waals surface area contributed by atoms with Crippen molar-refractivity contribution >= 4 is 5.78 Å². The smallest absolute Gasteiger partial charge is 0.155 e. The van der Waals surface area contributed by atoms with Crippen LogP contribution in [0.15, 0.2) is 23.0 Å². The molecule has 3 unspecified atom stereocenters. The third-order valence-electron chi connectivity index (χ3n) is 8.16. The van der Waals surface area contributed by atoms with Gasteiger partial charge in [0.1, 0.15) is 0 Å². The second-order valence-electron chi connectivity index (χ2n) is 8.98. The van der Waals surface area contributed by atoms with Crippen molar-refractivity contribution in [2.24, 2.45) is 28.6 Å². The van der Waals surface area contributed by atoms with Crippen LogP contribution in [-0.4, -0.2) is 5.78 Å². The standard InChI is InChI=1S/C21H29FO/c1-13(22)17-6-7-18-16-5-4-14-12-15(23)8-10-20(14,2)19(16)9-11-21(17,18)3/h12,16,18-19H,4-11H2,1-3H3/t16?,18?,19?,20-,21+/m0/s1. The minimum absolute atomic E-state index is 0.0827. The van der Waals surface area contributed by atoms with E-state index in [1.54, 1.807) is 6.92 Å². The SMILES string of the molecule is CC(F)=C1CCC2C3CCC4=CC(=O)CC[C@]4(C)C3CC[C@]12C. The van der Waals surface area contributed by atoms with E-state index in [9.17, 15) is 9.18 Å². The number of hydrogen-bond donors (Lipinski definition) is 0. The highest BCUT2D eigenvalue weighted by Gasteiger charge is 2.57. The van der Waals surface area contributed by atoms with Crippen LogP contribution in [0.2, 0.25) is 0 Å². The summed E-state index contributed by atoms with van der Waals surface area (Å²) in [6, 6.07) is 0. The highest BCUT2D eigenvalue weighted by Crippen LogP contribution is 2.66. The minimum Gasteiger partial charge on any atom is -0.295 e. The molecular formula is C21H29FO. The molecule has 0 N–H and O–H groups in total. The number of ketones is 1. The number of hydrogen-bond acceptors (Lipinski definition) is 1. The van der Waals surface area contributed by atoms with Gasteiger partial charge in [0.25, 0.3) is 0 Å². The molecule has 4 aliphatic rings. The molecule has 4 rings (SSSR count). The number of carbonyl (C=O) groups is 1. The lowest BCUT2D eigenvalue weighted by Gasteiger charge is -2.57. The summed E-state index contributed by atoms with van der Waals surface area (Å²) in [6.07, 6.45) is 10.5. The summed E-state index contributed by atoms with van der Waals surface area (Å²) in [5.41, 5.74) is 2.87. The first-order chi connectivity index (χ1) is 10.9. The molecule has 1 nitrogen and oxygen atoms in total. The molecule has 0 aromatic heterocycles. The zero-order valence-corrected chi connectivity index (χ0v) is 14.8. The van der Waals surface area contributed by atoms with Crippen molar-refractivity contribution in [3.63, 3.8) is 0 Å². The second kappa shape index (κ2) is 5.04. The molecular weight excluding hydrogens is 287 g/mol. The molecule has 0 aromatic carbocycles. The van der Waals surface area contributed by atoms with Gasteiger partial charge in [-0.1, -0.05) is 19.4 Å². The fourth-order valence-corrected chi connectivity index (χ4v) is 6.94. The Kier molecular flexibility index (Phi) is 3.42. The maximum Gasteiger partial charge on any atom is 0.155 e. The van der Waals surface area contributed by atoms with Gasteiger partial charge in [-0.15, -0.1) is 0 Å². The quantitative estimate of drug-likeness (QED) is 0.555. The predicted octanol–water partition coefficient (Wildman–Crippen LogP) is 5.76. The summed E-state index contributed by atoms with van der Waals surface area (Å²) in [5.74, 6) is 2.49. The lowest BCUT2D eigenvalue weighted by molar-refractivity contribution is -0.117. The second-order valence-corrected chi connectivity index (χ2v) is 8.98. The number of rotatable bonds is 0. The van der Waals surface area contributed by atoms with Crippen LogP contribution >= 0.6 is 0 Å². The summed E-state index contributed by atoms with van der Waals surface area (Å²) >= 11 is 0. The van der Waals surface area contributed by atoms with Crippen molar-refractivity contribution < 1.29 is 9.18 Å². The molecule has 3 saturated carbocycles. The van der Waals surface area contributed by atoms with Gasteiger partial charge in [0.05, 0.1) is 5.83 Å². The molecule has 23 heavy (non-hydrogen) atoms. The lowest BCUT2D eigenvalue weighted by atomic mass is 9.47. The molecule has 5 atom stereocenters. The van der Waals surface area contributed by atoms with Crippen molar-refractivity contribution in [3.8, 4) is 0 Å². The highest BCUT2D eigenvalue weighted by atomic mass is 19.1. The Balaban J connectivity index is 1.70.